The Balaban J connectivity index is 1.94. The third-order valence-electron chi connectivity index (χ3n) is 4.58. The van der Waals surface area contributed by atoms with Gasteiger partial charge in [0, 0.05) is 8.95 Å². The molecule has 2 aromatic carbocycles. The van der Waals surface area contributed by atoms with Crippen molar-refractivity contribution in [3.63, 3.8) is 0 Å². The van der Waals surface area contributed by atoms with Gasteiger partial charge in [0.2, 0.25) is 0 Å². The zero-order valence-corrected chi connectivity index (χ0v) is 16.6. The first-order valence-corrected chi connectivity index (χ1v) is 10.9. The minimum Gasteiger partial charge on any atom is -0.228 e. The Bertz CT molecular complexity index is 733. The van der Waals surface area contributed by atoms with Gasteiger partial charge in [-0.1, -0.05) is 56.1 Å². The zero-order chi connectivity index (χ0) is 16.5. The highest BCUT2D eigenvalue weighted by Gasteiger charge is 2.47. The van der Waals surface area contributed by atoms with E-state index in [-0.39, 0.29) is 0 Å². The van der Waals surface area contributed by atoms with E-state index >= 15 is 0 Å². The maximum atomic E-state index is 12.8. The summed E-state index contributed by atoms with van der Waals surface area (Å²) >= 11 is 6.86. The van der Waals surface area contributed by atoms with E-state index in [2.05, 4.69) is 31.9 Å². The van der Waals surface area contributed by atoms with Gasteiger partial charge in [0.05, 0.1) is 10.5 Å². The van der Waals surface area contributed by atoms with Gasteiger partial charge < -0.3 is 0 Å². The maximum absolute atomic E-state index is 12.8. The molecule has 1 heterocycles. The number of halogens is 2. The zero-order valence-electron chi connectivity index (χ0n) is 12.6. The smallest absolute Gasteiger partial charge is 0.156 e. The van der Waals surface area contributed by atoms with Crippen LogP contribution >= 0.6 is 31.9 Å². The first kappa shape index (κ1) is 17.2. The second kappa shape index (κ2) is 6.69. The van der Waals surface area contributed by atoms with Crippen LogP contribution in [-0.4, -0.2) is 18.9 Å². The molecule has 1 saturated heterocycles. The molecule has 0 bridgehead atoms. The van der Waals surface area contributed by atoms with E-state index < -0.39 is 14.6 Å². The number of benzene rings is 2. The summed E-state index contributed by atoms with van der Waals surface area (Å²) in [5.41, 5.74) is 2.16. The molecule has 1 aliphatic rings. The highest BCUT2D eigenvalue weighted by atomic mass is 79.9. The minimum atomic E-state index is -3.09. The molecule has 1 aliphatic heterocycles. The monoisotopic (exact) mass is 456 g/mol. The summed E-state index contributed by atoms with van der Waals surface area (Å²) in [6.45, 7) is 0. The lowest BCUT2D eigenvalue weighted by Crippen LogP contribution is -2.39. The Morgan fingerprint density at radius 2 is 1.26 bits per heavy atom. The van der Waals surface area contributed by atoms with Crippen LogP contribution in [-0.2, 0) is 22.7 Å². The van der Waals surface area contributed by atoms with Gasteiger partial charge in [-0.25, -0.2) is 8.42 Å². The molecular weight excluding hydrogens is 440 g/mol. The average molecular weight is 458 g/mol. The largest absolute Gasteiger partial charge is 0.228 e. The fourth-order valence-corrected chi connectivity index (χ4v) is 6.08. The van der Waals surface area contributed by atoms with Gasteiger partial charge in [-0.3, -0.25) is 0 Å². The molecule has 0 unspecified atom stereocenters. The van der Waals surface area contributed by atoms with Crippen LogP contribution in [0.25, 0.3) is 0 Å². The van der Waals surface area contributed by atoms with Crippen LogP contribution in [0.4, 0.5) is 0 Å². The van der Waals surface area contributed by atoms with Crippen molar-refractivity contribution in [2.45, 2.75) is 30.4 Å². The summed E-state index contributed by atoms with van der Waals surface area (Å²) in [5.74, 6) is 0.306. The highest BCUT2D eigenvalue weighted by molar-refractivity contribution is 9.10. The van der Waals surface area contributed by atoms with Crippen molar-refractivity contribution in [1.29, 1.82) is 0 Å². The van der Waals surface area contributed by atoms with Crippen LogP contribution in [0.1, 0.15) is 24.0 Å². The van der Waals surface area contributed by atoms with Crippen LogP contribution in [0.5, 0.6) is 0 Å². The Hall–Kier alpha value is -0.650. The molecule has 3 rings (SSSR count). The standard InChI is InChI=1S/C18H18Br2O2S/c19-16-6-2-14(3-7-16)12-18(10-1-11-23(18,21)22)13-15-4-8-17(20)9-5-15/h2-9H,1,10-13H2. The van der Waals surface area contributed by atoms with E-state index in [1.165, 1.54) is 0 Å². The minimum absolute atomic E-state index is 0.306. The number of hydrogen-bond donors (Lipinski definition) is 0. The molecule has 0 spiro atoms. The molecule has 0 N–H and O–H groups in total. The van der Waals surface area contributed by atoms with Crippen LogP contribution in [0.2, 0.25) is 0 Å². The van der Waals surface area contributed by atoms with Crippen LogP contribution in [0, 0.1) is 0 Å². The predicted octanol–water partition coefficient (Wildman–Crippen LogP) is 4.94. The first-order valence-electron chi connectivity index (χ1n) is 7.61. The summed E-state index contributed by atoms with van der Waals surface area (Å²) in [5, 5.41) is 0. The van der Waals surface area contributed by atoms with Gasteiger partial charge in [0.1, 0.15) is 0 Å². The third kappa shape index (κ3) is 3.72. The first-order chi connectivity index (χ1) is 10.9. The van der Waals surface area contributed by atoms with Gasteiger partial charge in [0.15, 0.2) is 9.84 Å². The van der Waals surface area contributed by atoms with Crippen LogP contribution < -0.4 is 0 Å². The summed E-state index contributed by atoms with van der Waals surface area (Å²) in [7, 11) is -3.09. The molecule has 2 aromatic rings. The molecule has 2 nitrogen and oxygen atoms in total. The third-order valence-corrected chi connectivity index (χ3v) is 8.28. The van der Waals surface area contributed by atoms with E-state index in [4.69, 9.17) is 0 Å². The Kier molecular flexibility index (Phi) is 5.00. The van der Waals surface area contributed by atoms with Gasteiger partial charge >= 0.3 is 0 Å². The molecule has 0 amide bonds. The van der Waals surface area contributed by atoms with Crippen LogP contribution in [0.3, 0.4) is 0 Å². The lowest BCUT2D eigenvalue weighted by Gasteiger charge is -2.28. The van der Waals surface area contributed by atoms with Gasteiger partial charge in [-0.2, -0.15) is 0 Å². The average Bonchev–Trinajstić information content (AvgIpc) is 2.79. The molecule has 122 valence electrons. The van der Waals surface area contributed by atoms with E-state index in [0.29, 0.717) is 18.6 Å². The second-order valence-corrected chi connectivity index (χ2v) is 10.5. The van der Waals surface area contributed by atoms with E-state index in [9.17, 15) is 8.42 Å². The summed E-state index contributed by atoms with van der Waals surface area (Å²) in [6.07, 6.45) is 2.66. The maximum Gasteiger partial charge on any atom is 0.156 e. The lowest BCUT2D eigenvalue weighted by molar-refractivity contribution is 0.500. The SMILES string of the molecule is O=S1(=O)CCCC1(Cc1ccc(Br)cc1)Cc1ccc(Br)cc1. The molecule has 5 heteroatoms. The van der Waals surface area contributed by atoms with Crippen molar-refractivity contribution in [3.8, 4) is 0 Å². The second-order valence-electron chi connectivity index (χ2n) is 6.21. The van der Waals surface area contributed by atoms with E-state index in [1.54, 1.807) is 0 Å². The normalized spacial score (nSPS) is 18.9. The summed E-state index contributed by atoms with van der Waals surface area (Å²) in [6, 6.07) is 16.0. The number of hydrogen-bond acceptors (Lipinski definition) is 2. The van der Waals surface area contributed by atoms with Gasteiger partial charge in [-0.05, 0) is 61.1 Å². The van der Waals surface area contributed by atoms with Crippen LogP contribution in [0.15, 0.2) is 57.5 Å². The highest BCUT2D eigenvalue weighted by Crippen LogP contribution is 2.38. The fourth-order valence-electron chi connectivity index (χ4n) is 3.36. The molecule has 23 heavy (non-hydrogen) atoms. The van der Waals surface area contributed by atoms with Crippen molar-refractivity contribution >= 4 is 41.7 Å². The van der Waals surface area contributed by atoms with E-state index in [0.717, 1.165) is 32.9 Å². The van der Waals surface area contributed by atoms with Crippen molar-refractivity contribution in [1.82, 2.24) is 0 Å². The van der Waals surface area contributed by atoms with Crippen molar-refractivity contribution in [2.75, 3.05) is 5.75 Å². The topological polar surface area (TPSA) is 34.1 Å². The van der Waals surface area contributed by atoms with Crippen molar-refractivity contribution in [3.05, 3.63) is 68.6 Å². The summed E-state index contributed by atoms with van der Waals surface area (Å²) < 4.78 is 27.0. The van der Waals surface area contributed by atoms with Gasteiger partial charge in [-0.15, -0.1) is 0 Å². The Labute approximate surface area is 154 Å². The van der Waals surface area contributed by atoms with Gasteiger partial charge in [0.25, 0.3) is 0 Å². The molecule has 1 fully saturated rings. The Morgan fingerprint density at radius 1 is 0.826 bits per heavy atom. The summed E-state index contributed by atoms with van der Waals surface area (Å²) in [4.78, 5) is 0. The quantitative estimate of drug-likeness (QED) is 0.651. The lowest BCUT2D eigenvalue weighted by atomic mass is 9.88. The molecular formula is C18H18Br2O2S. The molecule has 0 saturated carbocycles. The Morgan fingerprint density at radius 3 is 1.61 bits per heavy atom. The molecule has 0 aliphatic carbocycles. The van der Waals surface area contributed by atoms with E-state index in [1.807, 2.05) is 48.5 Å². The molecule has 0 radical (unpaired) electrons. The van der Waals surface area contributed by atoms with Crippen molar-refractivity contribution < 1.29 is 8.42 Å². The fraction of sp³-hybridized carbons (Fsp3) is 0.333. The molecule has 0 aromatic heterocycles. The molecule has 0 atom stereocenters. The number of sulfone groups is 1. The predicted molar refractivity (Wildman–Crippen MR) is 101 cm³/mol. The van der Waals surface area contributed by atoms with Crippen molar-refractivity contribution in [2.24, 2.45) is 0 Å². The number of rotatable bonds is 4.